The summed E-state index contributed by atoms with van der Waals surface area (Å²) in [6, 6.07) is 4.19. The average molecular weight is 312 g/mol. The Labute approximate surface area is 126 Å². The van der Waals surface area contributed by atoms with Crippen LogP contribution in [0.15, 0.2) is 24.3 Å². The molecular weight excluding hydrogens is 295 g/mol. The predicted molar refractivity (Wildman–Crippen MR) is 74.3 cm³/mol. The molecule has 0 spiro atoms. The van der Waals surface area contributed by atoms with Gasteiger partial charge in [-0.3, -0.25) is 10.1 Å². The normalized spacial score (nSPS) is 11.6. The Bertz CT molecular complexity index is 562. The SMILES string of the molecule is CC(C)[C@@H](OC(=O)COc1cccc(F)c1)C(=O)NC(N)=O. The van der Waals surface area contributed by atoms with E-state index in [1.54, 1.807) is 13.8 Å². The maximum atomic E-state index is 12.9. The summed E-state index contributed by atoms with van der Waals surface area (Å²) in [6.45, 7) is 2.76. The number of amides is 3. The largest absolute Gasteiger partial charge is 0.482 e. The third-order valence-corrected chi connectivity index (χ3v) is 2.52. The minimum Gasteiger partial charge on any atom is -0.482 e. The number of nitrogens with two attached hydrogens (primary N) is 1. The Morgan fingerprint density at radius 1 is 1.32 bits per heavy atom. The number of esters is 1. The van der Waals surface area contributed by atoms with Gasteiger partial charge in [0.2, 0.25) is 0 Å². The molecule has 0 radical (unpaired) electrons. The maximum absolute atomic E-state index is 12.9. The van der Waals surface area contributed by atoms with Crippen LogP contribution in [0.1, 0.15) is 13.8 Å². The fourth-order valence-electron chi connectivity index (χ4n) is 1.56. The molecule has 0 bridgehead atoms. The van der Waals surface area contributed by atoms with Gasteiger partial charge < -0.3 is 15.2 Å². The average Bonchev–Trinajstić information content (AvgIpc) is 2.41. The Morgan fingerprint density at radius 3 is 2.55 bits per heavy atom. The van der Waals surface area contributed by atoms with E-state index in [1.165, 1.54) is 18.2 Å². The van der Waals surface area contributed by atoms with Crippen LogP contribution >= 0.6 is 0 Å². The molecule has 3 amide bonds. The molecule has 0 heterocycles. The molecule has 1 aromatic carbocycles. The van der Waals surface area contributed by atoms with Gasteiger partial charge in [0.15, 0.2) is 12.7 Å². The van der Waals surface area contributed by atoms with Gasteiger partial charge in [0, 0.05) is 6.07 Å². The van der Waals surface area contributed by atoms with Crippen molar-refractivity contribution in [3.63, 3.8) is 0 Å². The number of halogens is 1. The number of ether oxygens (including phenoxy) is 2. The molecule has 0 aliphatic rings. The lowest BCUT2D eigenvalue weighted by atomic mass is 10.1. The highest BCUT2D eigenvalue weighted by atomic mass is 19.1. The molecule has 22 heavy (non-hydrogen) atoms. The highest BCUT2D eigenvalue weighted by Gasteiger charge is 2.27. The van der Waals surface area contributed by atoms with Crippen LogP contribution in [0.4, 0.5) is 9.18 Å². The summed E-state index contributed by atoms with van der Waals surface area (Å²) in [5, 5.41) is 1.84. The van der Waals surface area contributed by atoms with Crippen molar-refractivity contribution in [3.05, 3.63) is 30.1 Å². The van der Waals surface area contributed by atoms with Gasteiger partial charge in [-0.1, -0.05) is 19.9 Å². The first kappa shape index (κ1) is 17.4. The Hall–Kier alpha value is -2.64. The van der Waals surface area contributed by atoms with E-state index in [-0.39, 0.29) is 11.7 Å². The molecule has 8 heteroatoms. The van der Waals surface area contributed by atoms with E-state index in [1.807, 2.05) is 5.32 Å². The van der Waals surface area contributed by atoms with Gasteiger partial charge >= 0.3 is 12.0 Å². The second kappa shape index (κ2) is 7.96. The number of imide groups is 1. The molecular formula is C14H17FN2O5. The molecule has 0 fully saturated rings. The van der Waals surface area contributed by atoms with Gasteiger partial charge in [-0.15, -0.1) is 0 Å². The summed E-state index contributed by atoms with van der Waals surface area (Å²) in [7, 11) is 0. The number of carbonyl (C=O) groups is 3. The van der Waals surface area contributed by atoms with Gasteiger partial charge in [-0.05, 0) is 18.1 Å². The van der Waals surface area contributed by atoms with Gasteiger partial charge in [0.25, 0.3) is 5.91 Å². The van der Waals surface area contributed by atoms with Crippen molar-refractivity contribution >= 4 is 17.9 Å². The molecule has 7 nitrogen and oxygen atoms in total. The van der Waals surface area contributed by atoms with E-state index in [2.05, 4.69) is 0 Å². The highest BCUT2D eigenvalue weighted by molar-refractivity contribution is 5.96. The lowest BCUT2D eigenvalue weighted by molar-refractivity contribution is -0.160. The fourth-order valence-corrected chi connectivity index (χ4v) is 1.56. The minimum absolute atomic E-state index is 0.152. The van der Waals surface area contributed by atoms with E-state index in [9.17, 15) is 18.8 Å². The van der Waals surface area contributed by atoms with E-state index >= 15 is 0 Å². The second-order valence-electron chi connectivity index (χ2n) is 4.75. The van der Waals surface area contributed by atoms with Crippen molar-refractivity contribution in [2.24, 2.45) is 11.7 Å². The van der Waals surface area contributed by atoms with Gasteiger partial charge in [-0.2, -0.15) is 0 Å². The molecule has 0 saturated carbocycles. The molecule has 1 atom stereocenters. The first-order valence-corrected chi connectivity index (χ1v) is 6.47. The van der Waals surface area contributed by atoms with Crippen LogP contribution in [-0.4, -0.2) is 30.6 Å². The first-order chi connectivity index (χ1) is 10.3. The third-order valence-electron chi connectivity index (χ3n) is 2.52. The summed E-state index contributed by atoms with van der Waals surface area (Å²) < 4.78 is 22.9. The maximum Gasteiger partial charge on any atom is 0.344 e. The predicted octanol–water partition coefficient (Wildman–Crippen LogP) is 0.967. The zero-order valence-electron chi connectivity index (χ0n) is 12.2. The number of carbonyl (C=O) groups excluding carboxylic acids is 3. The monoisotopic (exact) mass is 312 g/mol. The smallest absolute Gasteiger partial charge is 0.344 e. The minimum atomic E-state index is -1.18. The number of urea groups is 1. The van der Waals surface area contributed by atoms with Gasteiger partial charge in [0.05, 0.1) is 0 Å². The molecule has 0 aromatic heterocycles. The number of rotatable bonds is 6. The van der Waals surface area contributed by atoms with Crippen molar-refractivity contribution < 1.29 is 28.2 Å². The third kappa shape index (κ3) is 5.78. The van der Waals surface area contributed by atoms with Crippen molar-refractivity contribution in [3.8, 4) is 5.75 Å². The van der Waals surface area contributed by atoms with Crippen LogP contribution in [0.3, 0.4) is 0 Å². The zero-order valence-corrected chi connectivity index (χ0v) is 12.2. The molecule has 3 N–H and O–H groups in total. The van der Waals surface area contributed by atoms with Crippen LogP contribution in [0.5, 0.6) is 5.75 Å². The number of hydrogen-bond donors (Lipinski definition) is 2. The second-order valence-corrected chi connectivity index (χ2v) is 4.75. The van der Waals surface area contributed by atoms with Crippen molar-refractivity contribution in [1.82, 2.24) is 5.32 Å². The van der Waals surface area contributed by atoms with Crippen molar-refractivity contribution in [1.29, 1.82) is 0 Å². The van der Waals surface area contributed by atoms with Gasteiger partial charge in [0.1, 0.15) is 11.6 Å². The summed E-state index contributed by atoms with van der Waals surface area (Å²) in [4.78, 5) is 34.0. The van der Waals surface area contributed by atoms with E-state index in [4.69, 9.17) is 15.2 Å². The molecule has 0 saturated heterocycles. The standard InChI is InChI=1S/C14H17FN2O5/c1-8(2)12(13(19)17-14(16)20)22-11(18)7-21-10-5-3-4-9(15)6-10/h3-6,8,12H,7H2,1-2H3,(H3,16,17,19,20)/t12-/m1/s1. The number of nitrogens with one attached hydrogen (secondary N) is 1. The van der Waals surface area contributed by atoms with Crippen LogP contribution in [0, 0.1) is 11.7 Å². The Kier molecular flexibility index (Phi) is 6.30. The lowest BCUT2D eigenvalue weighted by Crippen LogP contribution is -2.46. The molecule has 1 rings (SSSR count). The molecule has 1 aromatic rings. The van der Waals surface area contributed by atoms with Crippen molar-refractivity contribution in [2.75, 3.05) is 6.61 Å². The summed E-state index contributed by atoms with van der Waals surface area (Å²) >= 11 is 0. The Balaban J connectivity index is 2.56. The topological polar surface area (TPSA) is 108 Å². The van der Waals surface area contributed by atoms with Gasteiger partial charge in [-0.25, -0.2) is 14.0 Å². The summed E-state index contributed by atoms with van der Waals surface area (Å²) in [6.07, 6.45) is -1.18. The van der Waals surface area contributed by atoms with Crippen LogP contribution in [0.2, 0.25) is 0 Å². The summed E-state index contributed by atoms with van der Waals surface area (Å²) in [5.74, 6) is -2.38. The van der Waals surface area contributed by atoms with E-state index < -0.39 is 36.4 Å². The van der Waals surface area contributed by atoms with E-state index in [0.717, 1.165) is 6.07 Å². The van der Waals surface area contributed by atoms with Crippen LogP contribution < -0.4 is 15.8 Å². The summed E-state index contributed by atoms with van der Waals surface area (Å²) in [5.41, 5.74) is 4.84. The number of primary amides is 1. The number of benzene rings is 1. The molecule has 0 aliphatic carbocycles. The zero-order chi connectivity index (χ0) is 16.7. The Morgan fingerprint density at radius 2 is 2.00 bits per heavy atom. The number of hydrogen-bond acceptors (Lipinski definition) is 5. The first-order valence-electron chi connectivity index (χ1n) is 6.47. The molecule has 0 aliphatic heterocycles. The van der Waals surface area contributed by atoms with Crippen molar-refractivity contribution in [2.45, 2.75) is 20.0 Å². The fraction of sp³-hybridized carbons (Fsp3) is 0.357. The lowest BCUT2D eigenvalue weighted by Gasteiger charge is -2.19. The quantitative estimate of drug-likeness (QED) is 0.761. The van der Waals surface area contributed by atoms with Crippen LogP contribution in [-0.2, 0) is 14.3 Å². The highest BCUT2D eigenvalue weighted by Crippen LogP contribution is 2.12. The molecule has 120 valence electrons. The van der Waals surface area contributed by atoms with Crippen LogP contribution in [0.25, 0.3) is 0 Å². The molecule has 0 unspecified atom stereocenters. The van der Waals surface area contributed by atoms with E-state index in [0.29, 0.717) is 0 Å².